The number of aromatic nitrogens is 2. The summed E-state index contributed by atoms with van der Waals surface area (Å²) in [6.07, 6.45) is -3.43. The predicted octanol–water partition coefficient (Wildman–Crippen LogP) is 7.13. The van der Waals surface area contributed by atoms with Crippen LogP contribution in [0.15, 0.2) is 79.0 Å². The van der Waals surface area contributed by atoms with Gasteiger partial charge < -0.3 is 38.5 Å². The highest BCUT2D eigenvalue weighted by Gasteiger charge is 2.43. The maximum atomic E-state index is 15.0. The molecule has 0 bridgehead atoms. The van der Waals surface area contributed by atoms with Gasteiger partial charge in [0.1, 0.15) is 24.2 Å². The molecule has 8 atom stereocenters. The molecule has 18 heteroatoms. The van der Waals surface area contributed by atoms with E-state index < -0.39 is 96.1 Å². The van der Waals surface area contributed by atoms with Gasteiger partial charge in [-0.1, -0.05) is 122 Å². The molecule has 424 valence electrons. The standard InChI is InChI=1S/C60H82N6O12/c1-35(2)26-47-57(71)75-40(10)54(68)64(12)50(29-38(7)8)60(74)78-52(33-43-22-20-42(21-23-43)30-44-24-25-45-34-61-62-46(45)31-44)56(70)66(14)48(27-36(3)4)58(72)76-39(9)53(67)63(11)49(28-37(5)6)59(73)77-51(55(69)65(47)13)32-41-18-16-15-17-19-41/h15-25,31,34-40,47-52H,26-30,32-33H2,1-14H3,(H,61,62)/t39-,40-,47+,48+,49+,50+,51-,52-/m1/s1. The van der Waals surface area contributed by atoms with Gasteiger partial charge in [-0.25, -0.2) is 19.2 Å². The number of cyclic esters (lactones) is 4. The van der Waals surface area contributed by atoms with Gasteiger partial charge in [0, 0.05) is 46.4 Å². The number of nitrogens with zero attached hydrogens (tertiary/aromatic N) is 5. The Hall–Kier alpha value is -7.11. The monoisotopic (exact) mass is 1080 g/mol. The zero-order valence-corrected chi connectivity index (χ0v) is 48.0. The molecule has 1 aliphatic heterocycles. The molecule has 4 amide bonds. The molecule has 0 aliphatic carbocycles. The van der Waals surface area contributed by atoms with Crippen LogP contribution in [0.3, 0.4) is 0 Å². The van der Waals surface area contributed by atoms with Gasteiger partial charge >= 0.3 is 23.9 Å². The number of likely N-dealkylation sites (N-methyl/N-ethyl adjacent to an activating group) is 4. The van der Waals surface area contributed by atoms with Crippen LogP contribution in [0.25, 0.3) is 10.9 Å². The predicted molar refractivity (Wildman–Crippen MR) is 294 cm³/mol. The Morgan fingerprint density at radius 2 is 0.795 bits per heavy atom. The van der Waals surface area contributed by atoms with E-state index in [-0.39, 0.29) is 62.2 Å². The summed E-state index contributed by atoms with van der Waals surface area (Å²) in [5.74, 6) is -7.28. The molecule has 2 heterocycles. The third-order valence-electron chi connectivity index (χ3n) is 14.1. The van der Waals surface area contributed by atoms with E-state index in [4.69, 9.17) is 18.9 Å². The van der Waals surface area contributed by atoms with Gasteiger partial charge in [0.25, 0.3) is 23.6 Å². The molecule has 0 spiro atoms. The topological polar surface area (TPSA) is 215 Å². The van der Waals surface area contributed by atoms with Crippen molar-refractivity contribution in [3.8, 4) is 0 Å². The van der Waals surface area contributed by atoms with E-state index in [9.17, 15) is 33.6 Å². The second-order valence-electron chi connectivity index (χ2n) is 22.6. The van der Waals surface area contributed by atoms with Crippen molar-refractivity contribution in [1.82, 2.24) is 29.8 Å². The highest BCUT2D eigenvalue weighted by Crippen LogP contribution is 2.25. The molecule has 0 radical (unpaired) electrons. The number of amides is 4. The van der Waals surface area contributed by atoms with Gasteiger partial charge in [0.05, 0.1) is 11.7 Å². The number of nitrogens with one attached hydrogen (secondary N) is 1. The molecular formula is C60H82N6O12. The van der Waals surface area contributed by atoms with Crippen LogP contribution in [0.1, 0.15) is 117 Å². The molecule has 3 aromatic carbocycles. The van der Waals surface area contributed by atoms with E-state index in [1.54, 1.807) is 36.5 Å². The highest BCUT2D eigenvalue weighted by atomic mass is 16.6. The Morgan fingerprint density at radius 1 is 0.449 bits per heavy atom. The van der Waals surface area contributed by atoms with E-state index >= 15 is 4.79 Å². The van der Waals surface area contributed by atoms with Crippen LogP contribution in [0, 0.1) is 23.7 Å². The highest BCUT2D eigenvalue weighted by molar-refractivity contribution is 5.94. The first-order chi connectivity index (χ1) is 36.7. The minimum absolute atomic E-state index is 0.0894. The van der Waals surface area contributed by atoms with Crippen LogP contribution in [0.5, 0.6) is 0 Å². The van der Waals surface area contributed by atoms with Gasteiger partial charge in [0.15, 0.2) is 24.4 Å². The number of aromatic amines is 1. The molecule has 18 nitrogen and oxygen atoms in total. The number of fused-ring (bicyclic) bond motifs is 1. The van der Waals surface area contributed by atoms with Crippen molar-refractivity contribution >= 4 is 58.4 Å². The van der Waals surface area contributed by atoms with Crippen molar-refractivity contribution < 1.29 is 57.3 Å². The lowest BCUT2D eigenvalue weighted by Crippen LogP contribution is -2.55. The average Bonchev–Trinajstić information content (AvgIpc) is 3.86. The lowest BCUT2D eigenvalue weighted by Gasteiger charge is -2.35. The van der Waals surface area contributed by atoms with Gasteiger partial charge in [-0.3, -0.25) is 24.3 Å². The fraction of sp³-hybridized carbons (Fsp3) is 0.550. The van der Waals surface area contributed by atoms with Gasteiger partial charge in [-0.15, -0.1) is 0 Å². The fourth-order valence-electron chi connectivity index (χ4n) is 9.65. The number of hydrogen-bond acceptors (Lipinski definition) is 13. The molecule has 1 aromatic heterocycles. The summed E-state index contributed by atoms with van der Waals surface area (Å²) in [5, 5.41) is 8.10. The zero-order valence-electron chi connectivity index (χ0n) is 48.0. The van der Waals surface area contributed by atoms with E-state index in [0.717, 1.165) is 36.7 Å². The van der Waals surface area contributed by atoms with Crippen molar-refractivity contribution in [2.75, 3.05) is 28.2 Å². The van der Waals surface area contributed by atoms with Crippen molar-refractivity contribution in [1.29, 1.82) is 0 Å². The second-order valence-corrected chi connectivity index (χ2v) is 22.6. The zero-order chi connectivity index (χ0) is 57.7. The molecule has 0 saturated carbocycles. The third kappa shape index (κ3) is 16.7. The smallest absolute Gasteiger partial charge is 0.329 e. The normalized spacial score (nSPS) is 23.6. The summed E-state index contributed by atoms with van der Waals surface area (Å²) in [7, 11) is 5.58. The number of carbonyl (C=O) groups is 8. The molecule has 78 heavy (non-hydrogen) atoms. The molecule has 0 unspecified atom stereocenters. The van der Waals surface area contributed by atoms with E-state index in [2.05, 4.69) is 10.2 Å². The van der Waals surface area contributed by atoms with Gasteiger partial charge in [-0.05, 0) is 97.9 Å². The summed E-state index contributed by atoms with van der Waals surface area (Å²) in [6.45, 7) is 17.6. The quantitative estimate of drug-likeness (QED) is 0.0984. The van der Waals surface area contributed by atoms with Crippen LogP contribution in [-0.4, -0.2) is 154 Å². The van der Waals surface area contributed by atoms with Crippen LogP contribution < -0.4 is 0 Å². The minimum atomic E-state index is -1.53. The molecule has 1 aliphatic rings. The Bertz CT molecular complexity index is 2690. The van der Waals surface area contributed by atoms with Crippen LogP contribution in [0.2, 0.25) is 0 Å². The third-order valence-corrected chi connectivity index (χ3v) is 14.1. The fourth-order valence-corrected chi connectivity index (χ4v) is 9.65. The SMILES string of the molecule is CC(C)C[C@H]1C(=O)O[C@H](Cc2ccc(Cc3ccc4cn[nH]c4c3)cc2)C(=O)N(C)[C@@H](CC(C)C)C(=O)O[C@H](C)C(=O)N(C)[C@@H](CC(C)C)C(=O)O[C@H](Cc2ccccc2)C(=O)N(C)[C@@H](CC(C)C)C(=O)O[C@H](C)C(=O)N1C. The Morgan fingerprint density at radius 3 is 1.19 bits per heavy atom. The first kappa shape index (κ1) is 61.7. The van der Waals surface area contributed by atoms with Crippen molar-refractivity contribution in [3.05, 3.63) is 101 Å². The number of esters is 4. The first-order valence-electron chi connectivity index (χ1n) is 27.2. The van der Waals surface area contributed by atoms with Crippen molar-refractivity contribution in [2.24, 2.45) is 23.7 Å². The van der Waals surface area contributed by atoms with E-state index in [1.807, 2.05) is 97.9 Å². The number of carbonyl (C=O) groups excluding carboxylic acids is 8. The second kappa shape index (κ2) is 28.0. The molecule has 1 saturated heterocycles. The van der Waals surface area contributed by atoms with Crippen LogP contribution in [0.4, 0.5) is 0 Å². The molecular weight excluding hydrogens is 997 g/mol. The summed E-state index contributed by atoms with van der Waals surface area (Å²) < 4.78 is 24.1. The van der Waals surface area contributed by atoms with Gasteiger partial charge in [-0.2, -0.15) is 5.10 Å². The van der Waals surface area contributed by atoms with Crippen molar-refractivity contribution in [3.63, 3.8) is 0 Å². The van der Waals surface area contributed by atoms with Gasteiger partial charge in [0.2, 0.25) is 0 Å². The Labute approximate surface area is 459 Å². The number of H-pyrrole nitrogens is 1. The Kier molecular flexibility index (Phi) is 22.1. The number of ether oxygens (including phenoxy) is 4. The van der Waals surface area contributed by atoms with Crippen molar-refractivity contribution in [2.45, 2.75) is 163 Å². The lowest BCUT2D eigenvalue weighted by atomic mass is 9.99. The van der Waals surface area contributed by atoms with E-state index in [0.29, 0.717) is 17.5 Å². The molecule has 4 aromatic rings. The van der Waals surface area contributed by atoms with Crippen LogP contribution in [-0.2, 0) is 76.6 Å². The summed E-state index contributed by atoms with van der Waals surface area (Å²) in [6, 6.07) is 17.3. The minimum Gasteiger partial charge on any atom is -0.451 e. The largest absolute Gasteiger partial charge is 0.451 e. The van der Waals surface area contributed by atoms with Crippen LogP contribution >= 0.6 is 0 Å². The molecule has 1 N–H and O–H groups in total. The maximum Gasteiger partial charge on any atom is 0.329 e. The number of rotatable bonds is 14. The number of hydrogen-bond donors (Lipinski definition) is 1. The first-order valence-corrected chi connectivity index (χ1v) is 27.2. The summed E-state index contributed by atoms with van der Waals surface area (Å²) in [5.41, 5.74) is 4.20. The summed E-state index contributed by atoms with van der Waals surface area (Å²) in [4.78, 5) is 121. The summed E-state index contributed by atoms with van der Waals surface area (Å²) >= 11 is 0. The average molecular weight is 1080 g/mol. The molecule has 5 rings (SSSR count). The number of benzene rings is 3. The Balaban J connectivity index is 1.58. The lowest BCUT2D eigenvalue weighted by molar-refractivity contribution is -0.176. The maximum absolute atomic E-state index is 15.0. The molecule has 1 fully saturated rings. The van der Waals surface area contributed by atoms with E-state index in [1.165, 1.54) is 46.9 Å².